The van der Waals surface area contributed by atoms with Gasteiger partial charge in [0.25, 0.3) is 0 Å². The maximum Gasteiger partial charge on any atom is 0.416 e. The lowest BCUT2D eigenvalue weighted by Crippen LogP contribution is -2.03. The Morgan fingerprint density at radius 1 is 1.12 bits per heavy atom. The predicted octanol–water partition coefficient (Wildman–Crippen LogP) is 6.82. The summed E-state index contributed by atoms with van der Waals surface area (Å²) in [5.74, 6) is 0.867. The lowest BCUT2D eigenvalue weighted by molar-refractivity contribution is -0.138. The molecule has 0 bridgehead atoms. The first-order chi connectivity index (χ1) is 15.2. The second kappa shape index (κ2) is 10.1. The lowest BCUT2D eigenvalue weighted by Gasteiger charge is -2.09. The highest BCUT2D eigenvalue weighted by molar-refractivity contribution is 6.32. The van der Waals surface area contributed by atoms with E-state index in [2.05, 4.69) is 0 Å². The van der Waals surface area contributed by atoms with Crippen molar-refractivity contribution in [3.8, 4) is 17.1 Å². The SMILES string of the molecule is CCc1oc(-c2ccc(C(F)(F)F)cc2)cc1CCCOc1ccc(CC(=O)O)cc1Cl. The van der Waals surface area contributed by atoms with Crippen LogP contribution in [-0.4, -0.2) is 17.7 Å². The topological polar surface area (TPSA) is 59.7 Å². The molecular weight excluding hydrogens is 445 g/mol. The molecule has 1 N–H and O–H groups in total. The fourth-order valence-corrected chi connectivity index (χ4v) is 3.59. The van der Waals surface area contributed by atoms with E-state index in [0.717, 1.165) is 23.5 Å². The fourth-order valence-electron chi connectivity index (χ4n) is 3.33. The molecule has 1 heterocycles. The van der Waals surface area contributed by atoms with Crippen LogP contribution in [0.15, 0.2) is 52.9 Å². The molecule has 0 radical (unpaired) electrons. The standard InChI is InChI=1S/C24H22ClF3O4/c1-2-20-17(14-22(32-20)16-6-8-18(9-7-16)24(26,27)28)4-3-11-31-21-10-5-15(12-19(21)25)13-23(29)30/h5-10,12,14H,2-4,11,13H2,1H3,(H,29,30). The molecule has 3 aromatic rings. The van der Waals surface area contributed by atoms with E-state index >= 15 is 0 Å². The molecule has 0 unspecified atom stereocenters. The van der Waals surface area contributed by atoms with Crippen molar-refractivity contribution >= 4 is 17.6 Å². The number of furan rings is 1. The van der Waals surface area contributed by atoms with Crippen LogP contribution < -0.4 is 4.74 Å². The van der Waals surface area contributed by atoms with Crippen LogP contribution in [0.25, 0.3) is 11.3 Å². The van der Waals surface area contributed by atoms with E-state index in [9.17, 15) is 18.0 Å². The third-order valence-corrected chi connectivity index (χ3v) is 5.21. The predicted molar refractivity (Wildman–Crippen MR) is 115 cm³/mol. The smallest absolute Gasteiger partial charge is 0.416 e. The van der Waals surface area contributed by atoms with Gasteiger partial charge in [-0.2, -0.15) is 13.2 Å². The van der Waals surface area contributed by atoms with Gasteiger partial charge in [0, 0.05) is 12.0 Å². The molecule has 0 saturated carbocycles. The number of carbonyl (C=O) groups is 1. The number of carboxylic acids is 1. The molecule has 0 aliphatic carbocycles. The number of aliphatic carboxylic acids is 1. The van der Waals surface area contributed by atoms with Crippen molar-refractivity contribution in [1.29, 1.82) is 0 Å². The van der Waals surface area contributed by atoms with Crippen LogP contribution in [0.3, 0.4) is 0 Å². The van der Waals surface area contributed by atoms with E-state index in [4.69, 9.17) is 25.9 Å². The molecule has 0 spiro atoms. The number of rotatable bonds is 9. The van der Waals surface area contributed by atoms with E-state index in [1.54, 1.807) is 18.2 Å². The summed E-state index contributed by atoms with van der Waals surface area (Å²) in [6, 6.07) is 11.6. The highest BCUT2D eigenvalue weighted by atomic mass is 35.5. The van der Waals surface area contributed by atoms with Gasteiger partial charge in [-0.1, -0.05) is 36.7 Å². The second-order valence-corrected chi connectivity index (χ2v) is 7.68. The largest absolute Gasteiger partial charge is 0.492 e. The molecule has 170 valence electrons. The average Bonchev–Trinajstić information content (AvgIpc) is 3.15. The molecular formula is C24H22ClF3O4. The third kappa shape index (κ3) is 6.07. The van der Waals surface area contributed by atoms with Gasteiger partial charge in [-0.3, -0.25) is 4.79 Å². The minimum Gasteiger partial charge on any atom is -0.492 e. The van der Waals surface area contributed by atoms with Gasteiger partial charge < -0.3 is 14.3 Å². The maximum absolute atomic E-state index is 12.8. The Morgan fingerprint density at radius 2 is 1.84 bits per heavy atom. The zero-order valence-corrected chi connectivity index (χ0v) is 18.1. The number of hydrogen-bond donors (Lipinski definition) is 1. The molecule has 0 atom stereocenters. The zero-order valence-electron chi connectivity index (χ0n) is 17.3. The fraction of sp³-hybridized carbons (Fsp3) is 0.292. The van der Waals surface area contributed by atoms with Crippen LogP contribution in [0.4, 0.5) is 13.2 Å². The summed E-state index contributed by atoms with van der Waals surface area (Å²) in [7, 11) is 0. The first kappa shape index (κ1) is 23.7. The van der Waals surface area contributed by atoms with Crippen molar-refractivity contribution in [2.24, 2.45) is 0 Å². The van der Waals surface area contributed by atoms with Crippen LogP contribution in [0.5, 0.6) is 5.75 Å². The first-order valence-corrected chi connectivity index (χ1v) is 10.5. The highest BCUT2D eigenvalue weighted by Crippen LogP contribution is 2.33. The molecule has 0 aliphatic heterocycles. The number of hydrogen-bond acceptors (Lipinski definition) is 3. The summed E-state index contributed by atoms with van der Waals surface area (Å²) in [6.07, 6.45) is -2.48. The van der Waals surface area contributed by atoms with Gasteiger partial charge in [-0.05, 0) is 54.3 Å². The monoisotopic (exact) mass is 466 g/mol. The summed E-state index contributed by atoms with van der Waals surface area (Å²) >= 11 is 6.16. The molecule has 0 aliphatic rings. The van der Waals surface area contributed by atoms with Crippen LogP contribution in [0, 0.1) is 0 Å². The molecule has 32 heavy (non-hydrogen) atoms. The third-order valence-electron chi connectivity index (χ3n) is 4.91. The van der Waals surface area contributed by atoms with Crippen LogP contribution in [-0.2, 0) is 30.2 Å². The summed E-state index contributed by atoms with van der Waals surface area (Å²) in [5.41, 5.74) is 1.46. The molecule has 0 saturated heterocycles. The van der Waals surface area contributed by atoms with Crippen LogP contribution in [0.2, 0.25) is 5.02 Å². The van der Waals surface area contributed by atoms with Crippen molar-refractivity contribution in [2.75, 3.05) is 6.61 Å². The number of aryl methyl sites for hydroxylation is 2. The Hall–Kier alpha value is -2.93. The summed E-state index contributed by atoms with van der Waals surface area (Å²) in [4.78, 5) is 10.8. The van der Waals surface area contributed by atoms with E-state index in [0.29, 0.717) is 53.5 Å². The van der Waals surface area contributed by atoms with Gasteiger partial charge in [0.15, 0.2) is 0 Å². The number of halogens is 4. The molecule has 3 rings (SSSR count). The van der Waals surface area contributed by atoms with Gasteiger partial charge in [0.05, 0.1) is 23.6 Å². The summed E-state index contributed by atoms with van der Waals surface area (Å²) in [6.45, 7) is 2.34. The average molecular weight is 467 g/mol. The summed E-state index contributed by atoms with van der Waals surface area (Å²) in [5, 5.41) is 9.20. The van der Waals surface area contributed by atoms with Gasteiger partial charge in [-0.25, -0.2) is 0 Å². The van der Waals surface area contributed by atoms with Crippen LogP contribution in [0.1, 0.15) is 35.8 Å². The van der Waals surface area contributed by atoms with Gasteiger partial charge in [0.2, 0.25) is 0 Å². The number of benzene rings is 2. The quantitative estimate of drug-likeness (QED) is 0.351. The van der Waals surface area contributed by atoms with Crippen molar-refractivity contribution in [2.45, 2.75) is 38.8 Å². The Kier molecular flexibility index (Phi) is 7.51. The lowest BCUT2D eigenvalue weighted by atomic mass is 10.1. The van der Waals surface area contributed by atoms with E-state index in [1.807, 2.05) is 13.0 Å². The number of alkyl halides is 3. The molecule has 1 aromatic heterocycles. The van der Waals surface area contributed by atoms with Crippen molar-refractivity contribution in [1.82, 2.24) is 0 Å². The molecule has 0 amide bonds. The normalized spacial score (nSPS) is 11.5. The molecule has 4 nitrogen and oxygen atoms in total. The van der Waals surface area contributed by atoms with Gasteiger partial charge >= 0.3 is 12.1 Å². The minimum atomic E-state index is -4.37. The maximum atomic E-state index is 12.8. The van der Waals surface area contributed by atoms with E-state index in [-0.39, 0.29) is 6.42 Å². The highest BCUT2D eigenvalue weighted by Gasteiger charge is 2.30. The Bertz CT molecular complexity index is 1070. The Labute approximate surface area is 188 Å². The van der Waals surface area contributed by atoms with E-state index < -0.39 is 17.7 Å². The van der Waals surface area contributed by atoms with Crippen molar-refractivity contribution in [3.63, 3.8) is 0 Å². The van der Waals surface area contributed by atoms with Gasteiger partial charge in [-0.15, -0.1) is 0 Å². The molecule has 8 heteroatoms. The van der Waals surface area contributed by atoms with Crippen molar-refractivity contribution in [3.05, 3.63) is 76.0 Å². The minimum absolute atomic E-state index is 0.110. The van der Waals surface area contributed by atoms with Gasteiger partial charge in [0.1, 0.15) is 17.3 Å². The first-order valence-electron chi connectivity index (χ1n) is 10.1. The Morgan fingerprint density at radius 3 is 2.44 bits per heavy atom. The van der Waals surface area contributed by atoms with Crippen LogP contribution >= 0.6 is 11.6 Å². The summed E-state index contributed by atoms with van der Waals surface area (Å²) < 4.78 is 49.9. The second-order valence-electron chi connectivity index (χ2n) is 7.28. The molecule has 0 fully saturated rings. The zero-order chi connectivity index (χ0) is 23.3. The Balaban J connectivity index is 1.60. The molecule has 2 aromatic carbocycles. The number of carboxylic acid groups (broad SMARTS) is 1. The van der Waals surface area contributed by atoms with E-state index in [1.165, 1.54) is 12.1 Å². The van der Waals surface area contributed by atoms with Crippen molar-refractivity contribution < 1.29 is 32.2 Å². The number of ether oxygens (including phenoxy) is 1.